The first-order valence-electron chi connectivity index (χ1n) is 21.0. The highest BCUT2D eigenvalue weighted by molar-refractivity contribution is 7.00. The fraction of sp³-hybridized carbons (Fsp3) is 0. The molecule has 3 aliphatic rings. The van der Waals surface area contributed by atoms with Gasteiger partial charge in [-0.1, -0.05) is 146 Å². The molecule has 0 unspecified atom stereocenters. The molecular formula is C56H32BN3. The number of benzene rings is 10. The van der Waals surface area contributed by atoms with Gasteiger partial charge < -0.3 is 14.0 Å². The summed E-state index contributed by atoms with van der Waals surface area (Å²) in [4.78, 5) is 2.44. The lowest BCUT2D eigenvalue weighted by molar-refractivity contribution is 1.13. The molecule has 0 saturated heterocycles. The molecule has 10 aromatic carbocycles. The van der Waals surface area contributed by atoms with Gasteiger partial charge in [0.2, 0.25) is 0 Å². The summed E-state index contributed by atoms with van der Waals surface area (Å²) in [5.74, 6) is 0. The van der Waals surface area contributed by atoms with Crippen molar-refractivity contribution >= 4 is 105 Å². The number of hydrogen-bond acceptors (Lipinski definition) is 1. The first-order chi connectivity index (χ1) is 29.8. The summed E-state index contributed by atoms with van der Waals surface area (Å²) in [5, 5.41) is 10.5. The largest absolute Gasteiger partial charge is 0.310 e. The molecule has 2 aromatic heterocycles. The van der Waals surface area contributed by atoms with E-state index in [0.717, 1.165) is 17.1 Å². The van der Waals surface area contributed by atoms with Crippen LogP contribution < -0.4 is 21.3 Å². The third-order valence-electron chi connectivity index (χ3n) is 14.0. The van der Waals surface area contributed by atoms with Gasteiger partial charge in [0, 0.05) is 49.8 Å². The summed E-state index contributed by atoms with van der Waals surface area (Å²) in [6.07, 6.45) is 0. The highest BCUT2D eigenvalue weighted by Gasteiger charge is 2.42. The van der Waals surface area contributed by atoms with E-state index >= 15 is 0 Å². The van der Waals surface area contributed by atoms with Gasteiger partial charge in [-0.3, -0.25) is 0 Å². The van der Waals surface area contributed by atoms with E-state index in [2.05, 4.69) is 208 Å². The molecule has 0 spiro atoms. The second-order valence-corrected chi connectivity index (χ2v) is 16.8. The van der Waals surface area contributed by atoms with Gasteiger partial charge in [0.1, 0.15) is 0 Å². The Morgan fingerprint density at radius 1 is 0.350 bits per heavy atom. The summed E-state index contributed by atoms with van der Waals surface area (Å²) in [6, 6.07) is 72.8. The van der Waals surface area contributed by atoms with E-state index in [1.54, 1.807) is 0 Å². The Bertz CT molecular complexity index is 3860. The van der Waals surface area contributed by atoms with Crippen molar-refractivity contribution in [2.75, 3.05) is 4.90 Å². The highest BCUT2D eigenvalue weighted by Crippen LogP contribution is 2.51. The van der Waals surface area contributed by atoms with Crippen molar-refractivity contribution in [2.24, 2.45) is 0 Å². The standard InChI is InChI=1S/C56H32BN3/c1-3-15-35(16-4-1)58(36-17-5-2-6-18-36)37-31-48-54-49(32-37)60-47-30-26-34-14-11-22-41-39-20-9-10-21-40(39)42-27-28-45(56(60)52(42)53(47)50(34)41)57(54)44-24-12-23-43-51-38-19-8-7-13-33(38)25-29-46(51)59(48)55(43)44/h1-32H. The monoisotopic (exact) mass is 757 g/mol. The first kappa shape index (κ1) is 31.2. The van der Waals surface area contributed by atoms with Gasteiger partial charge in [-0.15, -0.1) is 0 Å². The molecule has 4 heteroatoms. The van der Waals surface area contributed by atoms with Crippen molar-refractivity contribution in [3.05, 3.63) is 194 Å². The highest BCUT2D eigenvalue weighted by atomic mass is 15.2. The van der Waals surface area contributed by atoms with Crippen LogP contribution in [0.5, 0.6) is 0 Å². The Balaban J connectivity index is 1.18. The summed E-state index contributed by atoms with van der Waals surface area (Å²) >= 11 is 0. The van der Waals surface area contributed by atoms with Crippen LogP contribution in [-0.2, 0) is 0 Å². The van der Waals surface area contributed by atoms with E-state index < -0.39 is 0 Å². The number of aromatic nitrogens is 2. The van der Waals surface area contributed by atoms with E-state index in [1.807, 2.05) is 0 Å². The van der Waals surface area contributed by atoms with Crippen molar-refractivity contribution in [1.82, 2.24) is 9.13 Å². The van der Waals surface area contributed by atoms with Crippen molar-refractivity contribution < 1.29 is 0 Å². The number of hydrogen-bond donors (Lipinski definition) is 0. The predicted molar refractivity (Wildman–Crippen MR) is 254 cm³/mol. The average molecular weight is 758 g/mol. The average Bonchev–Trinajstić information content (AvgIpc) is 3.81. The Labute approximate surface area is 345 Å². The Morgan fingerprint density at radius 3 is 1.68 bits per heavy atom. The third kappa shape index (κ3) is 3.70. The lowest BCUT2D eigenvalue weighted by Gasteiger charge is -2.36. The van der Waals surface area contributed by atoms with Gasteiger partial charge in [-0.2, -0.15) is 0 Å². The summed E-state index contributed by atoms with van der Waals surface area (Å²) in [5.41, 5.74) is 20.3. The summed E-state index contributed by atoms with van der Waals surface area (Å²) in [7, 11) is 0. The fourth-order valence-corrected chi connectivity index (χ4v) is 11.7. The molecule has 12 aromatic rings. The maximum absolute atomic E-state index is 2.65. The van der Waals surface area contributed by atoms with E-state index in [0.29, 0.717) is 0 Å². The summed E-state index contributed by atoms with van der Waals surface area (Å²) in [6.45, 7) is 0.0350. The smallest absolute Gasteiger partial charge is 0.252 e. The van der Waals surface area contributed by atoms with Gasteiger partial charge in [0.15, 0.2) is 0 Å². The minimum Gasteiger partial charge on any atom is -0.310 e. The van der Waals surface area contributed by atoms with Gasteiger partial charge in [0.05, 0.1) is 22.2 Å². The number of fused-ring (bicyclic) bond motifs is 13. The maximum Gasteiger partial charge on any atom is 0.252 e. The van der Waals surface area contributed by atoms with Crippen molar-refractivity contribution in [3.63, 3.8) is 0 Å². The zero-order chi connectivity index (χ0) is 38.8. The molecule has 15 rings (SSSR count). The minimum absolute atomic E-state index is 0.0350. The molecule has 4 heterocycles. The van der Waals surface area contributed by atoms with E-state index in [1.165, 1.54) is 115 Å². The molecule has 0 radical (unpaired) electrons. The van der Waals surface area contributed by atoms with Gasteiger partial charge >= 0.3 is 0 Å². The second kappa shape index (κ2) is 11.0. The lowest BCUT2D eigenvalue weighted by Crippen LogP contribution is -2.59. The molecule has 0 bridgehead atoms. The lowest BCUT2D eigenvalue weighted by atomic mass is 9.34. The molecule has 274 valence electrons. The van der Waals surface area contributed by atoms with Crippen LogP contribution in [-0.4, -0.2) is 15.8 Å². The molecule has 0 fully saturated rings. The van der Waals surface area contributed by atoms with Gasteiger partial charge in [-0.25, -0.2) is 0 Å². The number of rotatable bonds is 3. The van der Waals surface area contributed by atoms with E-state index in [4.69, 9.17) is 0 Å². The second-order valence-electron chi connectivity index (χ2n) is 16.8. The van der Waals surface area contributed by atoms with E-state index in [-0.39, 0.29) is 6.71 Å². The van der Waals surface area contributed by atoms with Crippen LogP contribution in [0.4, 0.5) is 17.1 Å². The van der Waals surface area contributed by atoms with Crippen molar-refractivity contribution in [3.8, 4) is 33.6 Å². The van der Waals surface area contributed by atoms with Gasteiger partial charge in [-0.05, 0) is 109 Å². The molecular weight excluding hydrogens is 725 g/mol. The Morgan fingerprint density at radius 2 is 0.917 bits per heavy atom. The Kier molecular flexibility index (Phi) is 5.73. The normalized spacial score (nSPS) is 13.0. The molecule has 0 N–H and O–H groups in total. The zero-order valence-electron chi connectivity index (χ0n) is 32.4. The molecule has 1 aliphatic carbocycles. The molecule has 0 amide bonds. The van der Waals surface area contributed by atoms with Crippen LogP contribution in [0.2, 0.25) is 0 Å². The minimum atomic E-state index is 0.0350. The molecule has 0 saturated carbocycles. The fourth-order valence-electron chi connectivity index (χ4n) is 11.7. The third-order valence-corrected chi connectivity index (χ3v) is 14.0. The molecule has 60 heavy (non-hydrogen) atoms. The SMILES string of the molecule is c1ccc(N(c2ccccc2)c2cc3c4c(c2)-n2c5ccc6cccc7c6c5c5c(ccc(c52)B4c2cccc4c5c6ccccc6ccc5n-3c24)-c2ccccc2-7)cc1. The van der Waals surface area contributed by atoms with Gasteiger partial charge in [0.25, 0.3) is 6.71 Å². The van der Waals surface area contributed by atoms with Crippen LogP contribution in [0, 0.1) is 0 Å². The number of para-hydroxylation sites is 3. The quantitative estimate of drug-likeness (QED) is 0.164. The predicted octanol–water partition coefficient (Wildman–Crippen LogP) is 12.4. The van der Waals surface area contributed by atoms with Crippen LogP contribution >= 0.6 is 0 Å². The topological polar surface area (TPSA) is 13.1 Å². The van der Waals surface area contributed by atoms with Crippen LogP contribution in [0.1, 0.15) is 0 Å². The first-order valence-corrected chi connectivity index (χ1v) is 21.0. The van der Waals surface area contributed by atoms with Crippen molar-refractivity contribution in [2.45, 2.75) is 0 Å². The molecule has 0 atom stereocenters. The Hall–Kier alpha value is -7.82. The van der Waals surface area contributed by atoms with Crippen LogP contribution in [0.3, 0.4) is 0 Å². The summed E-state index contributed by atoms with van der Waals surface area (Å²) < 4.78 is 5.25. The molecule has 3 nitrogen and oxygen atoms in total. The van der Waals surface area contributed by atoms with Crippen molar-refractivity contribution in [1.29, 1.82) is 0 Å². The van der Waals surface area contributed by atoms with Crippen LogP contribution in [0.15, 0.2) is 194 Å². The number of anilines is 3. The maximum atomic E-state index is 2.65. The van der Waals surface area contributed by atoms with Crippen LogP contribution in [0.25, 0.3) is 98.8 Å². The molecule has 2 aliphatic heterocycles. The zero-order valence-corrected chi connectivity index (χ0v) is 32.4. The number of nitrogens with zero attached hydrogens (tertiary/aromatic N) is 3. The van der Waals surface area contributed by atoms with E-state index in [9.17, 15) is 0 Å².